The highest BCUT2D eigenvalue weighted by Crippen LogP contribution is 2.61. The van der Waals surface area contributed by atoms with E-state index in [1.54, 1.807) is 0 Å². The van der Waals surface area contributed by atoms with E-state index in [4.69, 9.17) is 0 Å². The molecule has 2 aliphatic rings. The first kappa shape index (κ1) is 39.4. The second kappa shape index (κ2) is 15.8. The number of hydrogen-bond donors (Lipinski definition) is 0. The Kier molecular flexibility index (Phi) is 9.43. The van der Waals surface area contributed by atoms with Crippen molar-refractivity contribution in [3.8, 4) is 33.4 Å². The number of para-hydroxylation sites is 2. The zero-order valence-electron chi connectivity index (χ0n) is 37.1. The van der Waals surface area contributed by atoms with E-state index in [2.05, 4.69) is 278 Å². The molecule has 0 N–H and O–H groups in total. The molecule has 10 aromatic rings. The molecule has 0 saturated carbocycles. The summed E-state index contributed by atoms with van der Waals surface area (Å²) in [5.41, 5.74) is 21.2. The molecule has 0 fully saturated rings. The molecular weight excluding hydrogens is 797 g/mol. The van der Waals surface area contributed by atoms with Gasteiger partial charge >= 0.3 is 0 Å². The normalized spacial score (nSPS) is 13.8. The Hall–Kier alpha value is -8.20. The summed E-state index contributed by atoms with van der Waals surface area (Å²) in [7, 11) is 0. The second-order valence-corrected chi connectivity index (χ2v) is 18.1. The summed E-state index contributed by atoms with van der Waals surface area (Å²) in [6, 6.07) is 93.6. The maximum absolute atomic E-state index is 2.48. The van der Waals surface area contributed by atoms with E-state index in [0.29, 0.717) is 0 Å². The molecule has 1 heterocycles. The highest BCUT2D eigenvalue weighted by molar-refractivity contribution is 5.92. The van der Waals surface area contributed by atoms with Gasteiger partial charge in [0.1, 0.15) is 0 Å². The Morgan fingerprint density at radius 2 is 0.712 bits per heavy atom. The number of anilines is 6. The monoisotopic (exact) mass is 844 g/mol. The Morgan fingerprint density at radius 3 is 1.24 bits per heavy atom. The van der Waals surface area contributed by atoms with Gasteiger partial charge in [0.05, 0.1) is 16.8 Å². The number of nitrogens with zero attached hydrogens (tertiary/aromatic N) is 2. The van der Waals surface area contributed by atoms with Crippen molar-refractivity contribution in [1.82, 2.24) is 0 Å². The van der Waals surface area contributed by atoms with Gasteiger partial charge in [-0.05, 0) is 127 Å². The Labute approximate surface area is 388 Å². The topological polar surface area (TPSA) is 6.48 Å². The largest absolute Gasteiger partial charge is 0.311 e. The minimum absolute atomic E-state index is 0.212. The summed E-state index contributed by atoms with van der Waals surface area (Å²) >= 11 is 0. The SMILES string of the molecule is CC1(C)c2ccccc2-c2cccc(C3(c4ccccc4)c4ccccc4N(c4ccc(N(c5ccc(-c6ccccc6)cc5)c5ccc(-c6ccccc6)cc5)cc4)c4ccccc43)c21. The van der Waals surface area contributed by atoms with Crippen LogP contribution in [-0.4, -0.2) is 0 Å². The lowest BCUT2D eigenvalue weighted by Gasteiger charge is -2.48. The summed E-state index contributed by atoms with van der Waals surface area (Å²) in [6.07, 6.45) is 0. The molecule has 1 aliphatic heterocycles. The van der Waals surface area contributed by atoms with Crippen LogP contribution in [0.1, 0.15) is 47.2 Å². The Balaban J connectivity index is 1.01. The number of rotatable bonds is 8. The number of hydrogen-bond acceptors (Lipinski definition) is 2. The summed E-state index contributed by atoms with van der Waals surface area (Å²) in [5.74, 6) is 0. The van der Waals surface area contributed by atoms with Crippen molar-refractivity contribution in [1.29, 1.82) is 0 Å². The van der Waals surface area contributed by atoms with Crippen LogP contribution in [0.4, 0.5) is 34.1 Å². The lowest BCUT2D eigenvalue weighted by Crippen LogP contribution is -2.39. The summed E-state index contributed by atoms with van der Waals surface area (Å²) < 4.78 is 0. The molecular formula is C64H48N2. The van der Waals surface area contributed by atoms with Crippen molar-refractivity contribution in [2.24, 2.45) is 0 Å². The van der Waals surface area contributed by atoms with Crippen LogP contribution in [0.3, 0.4) is 0 Å². The van der Waals surface area contributed by atoms with E-state index in [0.717, 1.165) is 22.7 Å². The standard InChI is InChI=1S/C64H48N2/c1-63(2)56-27-13-12-25-54(56)55-26-18-30-59(62(55)63)64(49-23-10-5-11-24-49)57-28-14-16-31-60(57)66(61-32-17-15-29-58(61)64)53-43-41-52(42-44-53)65(50-37-33-47(34-38-50)45-19-6-3-7-20-45)51-39-35-48(36-40-51)46-21-8-4-9-22-46/h3-44H,1-2H3. The third-order valence-corrected chi connectivity index (χ3v) is 14.1. The van der Waals surface area contributed by atoms with Crippen LogP contribution >= 0.6 is 0 Å². The minimum Gasteiger partial charge on any atom is -0.311 e. The van der Waals surface area contributed by atoms with E-state index >= 15 is 0 Å². The minimum atomic E-state index is -0.607. The molecule has 0 unspecified atom stereocenters. The summed E-state index contributed by atoms with van der Waals surface area (Å²) in [5, 5.41) is 0. The van der Waals surface area contributed by atoms with Crippen molar-refractivity contribution in [3.05, 3.63) is 288 Å². The van der Waals surface area contributed by atoms with Crippen LogP contribution in [0.15, 0.2) is 255 Å². The van der Waals surface area contributed by atoms with Crippen LogP contribution in [0.5, 0.6) is 0 Å². The van der Waals surface area contributed by atoms with Crippen molar-refractivity contribution < 1.29 is 0 Å². The molecule has 10 aromatic carbocycles. The fraction of sp³-hybridized carbons (Fsp3) is 0.0625. The zero-order chi connectivity index (χ0) is 44.2. The van der Waals surface area contributed by atoms with Gasteiger partial charge in [-0.3, -0.25) is 0 Å². The third kappa shape index (κ3) is 6.17. The van der Waals surface area contributed by atoms with Crippen molar-refractivity contribution in [2.75, 3.05) is 9.80 Å². The van der Waals surface area contributed by atoms with Crippen LogP contribution in [0.2, 0.25) is 0 Å². The van der Waals surface area contributed by atoms with E-state index < -0.39 is 5.41 Å². The molecule has 0 radical (unpaired) electrons. The first-order valence-corrected chi connectivity index (χ1v) is 23.0. The molecule has 0 spiro atoms. The van der Waals surface area contributed by atoms with Crippen LogP contribution in [-0.2, 0) is 10.8 Å². The molecule has 12 rings (SSSR count). The van der Waals surface area contributed by atoms with E-state index in [-0.39, 0.29) is 5.41 Å². The Morgan fingerprint density at radius 1 is 0.318 bits per heavy atom. The lowest BCUT2D eigenvalue weighted by molar-refractivity contribution is 0.625. The van der Waals surface area contributed by atoms with Crippen LogP contribution in [0, 0.1) is 0 Å². The predicted octanol–water partition coefficient (Wildman–Crippen LogP) is 17.0. The highest BCUT2D eigenvalue weighted by Gasteiger charge is 2.50. The molecule has 2 nitrogen and oxygen atoms in total. The maximum atomic E-state index is 2.48. The molecule has 0 saturated heterocycles. The molecule has 2 heteroatoms. The quantitative estimate of drug-likeness (QED) is 0.150. The van der Waals surface area contributed by atoms with E-state index in [1.165, 1.54) is 78.1 Å². The summed E-state index contributed by atoms with van der Waals surface area (Å²) in [6.45, 7) is 4.82. The predicted molar refractivity (Wildman–Crippen MR) is 276 cm³/mol. The Bertz CT molecular complexity index is 3220. The number of benzene rings is 10. The summed E-state index contributed by atoms with van der Waals surface area (Å²) in [4.78, 5) is 4.84. The van der Waals surface area contributed by atoms with Gasteiger partial charge in [-0.25, -0.2) is 0 Å². The zero-order valence-corrected chi connectivity index (χ0v) is 37.1. The fourth-order valence-electron chi connectivity index (χ4n) is 11.2. The molecule has 314 valence electrons. The van der Waals surface area contributed by atoms with Crippen molar-refractivity contribution >= 4 is 34.1 Å². The second-order valence-electron chi connectivity index (χ2n) is 18.1. The van der Waals surface area contributed by atoms with Crippen LogP contribution in [0.25, 0.3) is 33.4 Å². The average Bonchev–Trinajstić information content (AvgIpc) is 3.63. The first-order chi connectivity index (χ1) is 32.5. The molecule has 0 atom stereocenters. The van der Waals surface area contributed by atoms with Gasteiger partial charge in [-0.2, -0.15) is 0 Å². The third-order valence-electron chi connectivity index (χ3n) is 14.1. The van der Waals surface area contributed by atoms with Crippen LogP contribution < -0.4 is 9.80 Å². The van der Waals surface area contributed by atoms with Gasteiger partial charge in [-0.15, -0.1) is 0 Å². The van der Waals surface area contributed by atoms with Gasteiger partial charge in [-0.1, -0.05) is 208 Å². The molecule has 1 aliphatic carbocycles. The molecule has 66 heavy (non-hydrogen) atoms. The number of fused-ring (bicyclic) bond motifs is 5. The smallest absolute Gasteiger partial charge is 0.0745 e. The van der Waals surface area contributed by atoms with Gasteiger partial charge in [0, 0.05) is 28.2 Å². The lowest BCUT2D eigenvalue weighted by atomic mass is 9.59. The molecule has 0 amide bonds. The van der Waals surface area contributed by atoms with Gasteiger partial charge in [0.2, 0.25) is 0 Å². The van der Waals surface area contributed by atoms with Gasteiger partial charge in [0.25, 0.3) is 0 Å². The fourth-order valence-corrected chi connectivity index (χ4v) is 11.2. The van der Waals surface area contributed by atoms with E-state index in [1.807, 2.05) is 0 Å². The van der Waals surface area contributed by atoms with Gasteiger partial charge in [0.15, 0.2) is 0 Å². The van der Waals surface area contributed by atoms with Gasteiger partial charge < -0.3 is 9.80 Å². The van der Waals surface area contributed by atoms with E-state index in [9.17, 15) is 0 Å². The average molecular weight is 845 g/mol. The van der Waals surface area contributed by atoms with Crippen molar-refractivity contribution in [3.63, 3.8) is 0 Å². The van der Waals surface area contributed by atoms with Crippen molar-refractivity contribution in [2.45, 2.75) is 24.7 Å². The molecule has 0 bridgehead atoms. The first-order valence-electron chi connectivity index (χ1n) is 23.0. The molecule has 0 aromatic heterocycles. The highest BCUT2D eigenvalue weighted by atomic mass is 15.2. The maximum Gasteiger partial charge on any atom is 0.0745 e.